The first kappa shape index (κ1) is 20.3. The maximum atomic E-state index is 12.6. The molecule has 0 saturated carbocycles. The van der Waals surface area contributed by atoms with Gasteiger partial charge in [-0.1, -0.05) is 30.3 Å². The molecule has 0 radical (unpaired) electrons. The van der Waals surface area contributed by atoms with Crippen molar-refractivity contribution in [2.24, 2.45) is 0 Å². The summed E-state index contributed by atoms with van der Waals surface area (Å²) in [4.78, 5) is 25.8. The van der Waals surface area contributed by atoms with Gasteiger partial charge in [-0.3, -0.25) is 4.79 Å². The molecule has 28 heavy (non-hydrogen) atoms. The van der Waals surface area contributed by atoms with E-state index in [1.807, 2.05) is 44.2 Å². The first-order chi connectivity index (χ1) is 13.5. The summed E-state index contributed by atoms with van der Waals surface area (Å²) in [7, 11) is 5.81. The molecule has 0 unspecified atom stereocenters. The number of benzene rings is 1. The number of piperidine rings is 1. The molecule has 1 N–H and O–H groups in total. The highest BCUT2D eigenvalue weighted by molar-refractivity contribution is 5.76. The van der Waals surface area contributed by atoms with E-state index < -0.39 is 0 Å². The maximum absolute atomic E-state index is 12.6. The third-order valence-electron chi connectivity index (χ3n) is 5.23. The van der Waals surface area contributed by atoms with Crippen molar-refractivity contribution in [3.8, 4) is 0 Å². The molecule has 6 nitrogen and oxygen atoms in total. The number of aryl methyl sites for hydroxylation is 1. The van der Waals surface area contributed by atoms with Gasteiger partial charge in [-0.15, -0.1) is 0 Å². The average molecular weight is 382 g/mol. The smallest absolute Gasteiger partial charge is 0.223 e. The number of hydrogen-bond donors (Lipinski definition) is 1. The Labute approximate surface area is 168 Å². The van der Waals surface area contributed by atoms with E-state index >= 15 is 0 Å². The van der Waals surface area contributed by atoms with Crippen LogP contribution < -0.4 is 10.2 Å². The molecule has 1 aromatic carbocycles. The van der Waals surface area contributed by atoms with Gasteiger partial charge in [0.05, 0.1) is 12.2 Å². The Balaban J connectivity index is 1.67. The number of nitrogens with one attached hydrogen (secondary N) is 1. The number of anilines is 1. The van der Waals surface area contributed by atoms with Crippen molar-refractivity contribution in [2.45, 2.75) is 38.1 Å². The van der Waals surface area contributed by atoms with Crippen molar-refractivity contribution < 1.29 is 4.79 Å². The van der Waals surface area contributed by atoms with Crippen molar-refractivity contribution in [1.82, 2.24) is 20.2 Å². The molecule has 1 atom stereocenters. The second-order valence-corrected chi connectivity index (χ2v) is 7.74. The van der Waals surface area contributed by atoms with Gasteiger partial charge in [-0.2, -0.15) is 0 Å². The second-order valence-electron chi connectivity index (χ2n) is 7.74. The molecule has 1 fully saturated rings. The fourth-order valence-electron chi connectivity index (χ4n) is 3.50. The number of rotatable bonds is 7. The van der Waals surface area contributed by atoms with Gasteiger partial charge in [0.2, 0.25) is 5.91 Å². The van der Waals surface area contributed by atoms with Gasteiger partial charge < -0.3 is 15.1 Å². The molecule has 1 amide bonds. The van der Waals surface area contributed by atoms with Gasteiger partial charge in [-0.25, -0.2) is 9.97 Å². The Kier molecular flexibility index (Phi) is 6.98. The molecule has 1 aromatic heterocycles. The van der Waals surface area contributed by atoms with Crippen LogP contribution in [0.25, 0.3) is 0 Å². The maximum Gasteiger partial charge on any atom is 0.223 e. The standard InChI is InChI=1S/C22H31N5O/c1-26(2)21-14-19(18-10-7-13-23-15-18)24-20(25-21)16-27(3)22(28)12-11-17-8-5-4-6-9-17/h4-6,8-9,14,18,23H,7,10-13,15-16H2,1-3H3/t18-/m1/s1. The third-order valence-corrected chi connectivity index (χ3v) is 5.23. The van der Waals surface area contributed by atoms with E-state index in [1.165, 1.54) is 12.0 Å². The van der Waals surface area contributed by atoms with E-state index in [2.05, 4.69) is 28.5 Å². The van der Waals surface area contributed by atoms with Crippen LogP contribution in [-0.2, 0) is 17.8 Å². The summed E-state index contributed by atoms with van der Waals surface area (Å²) in [5, 5.41) is 3.45. The second kappa shape index (κ2) is 9.64. The minimum atomic E-state index is 0.114. The molecule has 0 aliphatic carbocycles. The molecule has 6 heteroatoms. The Bertz CT molecular complexity index is 772. The molecular formula is C22H31N5O. The van der Waals surface area contributed by atoms with Crippen LogP contribution in [0.5, 0.6) is 0 Å². The van der Waals surface area contributed by atoms with Crippen molar-refractivity contribution >= 4 is 11.7 Å². The van der Waals surface area contributed by atoms with Crippen molar-refractivity contribution in [2.75, 3.05) is 39.1 Å². The summed E-state index contributed by atoms with van der Waals surface area (Å²) >= 11 is 0. The lowest BCUT2D eigenvalue weighted by Crippen LogP contribution is -2.30. The number of amides is 1. The van der Waals surface area contributed by atoms with Crippen LogP contribution in [0.15, 0.2) is 36.4 Å². The van der Waals surface area contributed by atoms with Gasteiger partial charge >= 0.3 is 0 Å². The summed E-state index contributed by atoms with van der Waals surface area (Å²) in [6.07, 6.45) is 3.55. The molecule has 150 valence electrons. The van der Waals surface area contributed by atoms with Gasteiger partial charge in [0.25, 0.3) is 0 Å². The third kappa shape index (κ3) is 5.52. The van der Waals surface area contributed by atoms with Gasteiger partial charge in [0, 0.05) is 46.1 Å². The van der Waals surface area contributed by atoms with E-state index in [1.54, 1.807) is 4.90 Å². The van der Waals surface area contributed by atoms with Crippen LogP contribution in [0, 0.1) is 0 Å². The fourth-order valence-corrected chi connectivity index (χ4v) is 3.50. The summed E-state index contributed by atoms with van der Waals surface area (Å²) in [6, 6.07) is 12.2. The summed E-state index contributed by atoms with van der Waals surface area (Å²) < 4.78 is 0. The minimum Gasteiger partial charge on any atom is -0.363 e. The zero-order valence-electron chi connectivity index (χ0n) is 17.2. The zero-order chi connectivity index (χ0) is 19.9. The Hall–Kier alpha value is -2.47. The molecule has 2 heterocycles. The Morgan fingerprint density at radius 3 is 2.64 bits per heavy atom. The Morgan fingerprint density at radius 2 is 1.96 bits per heavy atom. The van der Waals surface area contributed by atoms with Crippen LogP contribution in [-0.4, -0.2) is 55.0 Å². The number of carbonyl (C=O) groups excluding carboxylic acids is 1. The normalized spacial score (nSPS) is 16.6. The van der Waals surface area contributed by atoms with E-state index in [9.17, 15) is 4.79 Å². The highest BCUT2D eigenvalue weighted by Crippen LogP contribution is 2.24. The van der Waals surface area contributed by atoms with E-state index in [0.29, 0.717) is 24.7 Å². The van der Waals surface area contributed by atoms with Gasteiger partial charge in [0.1, 0.15) is 11.6 Å². The monoisotopic (exact) mass is 381 g/mol. The van der Waals surface area contributed by atoms with E-state index in [4.69, 9.17) is 4.98 Å². The van der Waals surface area contributed by atoms with Crippen LogP contribution in [0.1, 0.15) is 42.3 Å². The quantitative estimate of drug-likeness (QED) is 0.799. The highest BCUT2D eigenvalue weighted by atomic mass is 16.2. The predicted molar refractivity (Wildman–Crippen MR) is 112 cm³/mol. The first-order valence-corrected chi connectivity index (χ1v) is 10.1. The summed E-state index contributed by atoms with van der Waals surface area (Å²) in [6.45, 7) is 2.46. The lowest BCUT2D eigenvalue weighted by Gasteiger charge is -2.24. The van der Waals surface area contributed by atoms with Crippen molar-refractivity contribution in [1.29, 1.82) is 0 Å². The fraction of sp³-hybridized carbons (Fsp3) is 0.500. The van der Waals surface area contributed by atoms with Crippen LogP contribution in [0.2, 0.25) is 0 Å². The van der Waals surface area contributed by atoms with E-state index in [-0.39, 0.29) is 5.91 Å². The molecule has 1 saturated heterocycles. The lowest BCUT2D eigenvalue weighted by atomic mass is 9.96. The largest absolute Gasteiger partial charge is 0.363 e. The lowest BCUT2D eigenvalue weighted by molar-refractivity contribution is -0.130. The van der Waals surface area contributed by atoms with Gasteiger partial charge in [0.15, 0.2) is 0 Å². The molecule has 1 aliphatic heterocycles. The molecule has 2 aromatic rings. The average Bonchev–Trinajstić information content (AvgIpc) is 2.73. The molecule has 3 rings (SSSR count). The first-order valence-electron chi connectivity index (χ1n) is 10.1. The number of hydrogen-bond acceptors (Lipinski definition) is 5. The van der Waals surface area contributed by atoms with Crippen LogP contribution in [0.3, 0.4) is 0 Å². The highest BCUT2D eigenvalue weighted by Gasteiger charge is 2.20. The van der Waals surface area contributed by atoms with E-state index in [0.717, 1.165) is 37.4 Å². The number of carbonyl (C=O) groups is 1. The number of aromatic nitrogens is 2. The van der Waals surface area contributed by atoms with Gasteiger partial charge in [-0.05, 0) is 31.4 Å². The molecule has 1 aliphatic rings. The summed E-state index contributed by atoms with van der Waals surface area (Å²) in [5.74, 6) is 2.13. The van der Waals surface area contributed by atoms with Crippen LogP contribution in [0.4, 0.5) is 5.82 Å². The summed E-state index contributed by atoms with van der Waals surface area (Å²) in [5.41, 5.74) is 2.26. The Morgan fingerprint density at radius 1 is 1.18 bits per heavy atom. The molecule has 0 bridgehead atoms. The van der Waals surface area contributed by atoms with Crippen LogP contribution >= 0.6 is 0 Å². The van der Waals surface area contributed by atoms with Crippen molar-refractivity contribution in [3.63, 3.8) is 0 Å². The number of nitrogens with zero attached hydrogens (tertiary/aromatic N) is 4. The molecule has 0 spiro atoms. The predicted octanol–water partition coefficient (Wildman–Crippen LogP) is 2.60. The van der Waals surface area contributed by atoms with Crippen molar-refractivity contribution in [3.05, 3.63) is 53.5 Å². The molecular weight excluding hydrogens is 350 g/mol. The SMILES string of the molecule is CN(Cc1nc([C@@H]2CCCNC2)cc(N(C)C)n1)C(=O)CCc1ccccc1. The zero-order valence-corrected chi connectivity index (χ0v) is 17.2. The minimum absolute atomic E-state index is 0.114. The topological polar surface area (TPSA) is 61.4 Å².